The summed E-state index contributed by atoms with van der Waals surface area (Å²) in [4.78, 5) is 11.1. The molecular formula is C16H12Br4F2O. The van der Waals surface area contributed by atoms with E-state index in [1.54, 1.807) is 24.3 Å². The van der Waals surface area contributed by atoms with Gasteiger partial charge in [0.05, 0.1) is 10.7 Å². The van der Waals surface area contributed by atoms with E-state index in [0.29, 0.717) is 5.33 Å². The molecule has 0 aliphatic carbocycles. The van der Waals surface area contributed by atoms with Crippen molar-refractivity contribution in [2.75, 3.05) is 10.7 Å². The Hall–Kier alpha value is -0.110. The summed E-state index contributed by atoms with van der Waals surface area (Å²) in [6.45, 7) is 0. The molecule has 0 amide bonds. The molecule has 1 nitrogen and oxygen atoms in total. The molecule has 0 bridgehead atoms. The smallest absolute Gasteiger partial charge is 0.282 e. The zero-order chi connectivity index (χ0) is 17.5. The van der Waals surface area contributed by atoms with Crippen LogP contribution < -0.4 is 0 Å². The maximum atomic E-state index is 13.0. The van der Waals surface area contributed by atoms with Crippen LogP contribution in [0.3, 0.4) is 0 Å². The Balaban J connectivity index is 0.000000231. The maximum absolute atomic E-state index is 13.0. The monoisotopic (exact) mass is 574 g/mol. The third kappa shape index (κ3) is 7.11. The predicted molar refractivity (Wildman–Crippen MR) is 104 cm³/mol. The van der Waals surface area contributed by atoms with Crippen LogP contribution >= 0.6 is 63.7 Å². The highest BCUT2D eigenvalue weighted by Gasteiger charge is 2.29. The van der Waals surface area contributed by atoms with E-state index in [9.17, 15) is 13.6 Å². The van der Waals surface area contributed by atoms with E-state index in [0.717, 1.165) is 14.5 Å². The van der Waals surface area contributed by atoms with E-state index in [2.05, 4.69) is 63.7 Å². The van der Waals surface area contributed by atoms with Gasteiger partial charge < -0.3 is 0 Å². The van der Waals surface area contributed by atoms with Crippen molar-refractivity contribution in [1.29, 1.82) is 0 Å². The number of carbonyl (C=O) groups is 1. The molecule has 0 aromatic heterocycles. The summed E-state index contributed by atoms with van der Waals surface area (Å²) in [5.41, 5.74) is 0.771. The first-order valence-electron chi connectivity index (χ1n) is 6.34. The highest BCUT2D eigenvalue weighted by Crippen LogP contribution is 2.30. The van der Waals surface area contributed by atoms with Crippen molar-refractivity contribution in [1.82, 2.24) is 0 Å². The lowest BCUT2D eigenvalue weighted by Gasteiger charge is -2.12. The van der Waals surface area contributed by atoms with E-state index in [1.165, 1.54) is 12.1 Å². The third-order valence-corrected chi connectivity index (χ3v) is 4.99. The topological polar surface area (TPSA) is 17.1 Å². The van der Waals surface area contributed by atoms with Gasteiger partial charge in [0.2, 0.25) is 0 Å². The van der Waals surface area contributed by atoms with E-state index < -0.39 is 5.92 Å². The van der Waals surface area contributed by atoms with Gasteiger partial charge in [-0.3, -0.25) is 4.79 Å². The van der Waals surface area contributed by atoms with Crippen molar-refractivity contribution in [3.63, 3.8) is 0 Å². The van der Waals surface area contributed by atoms with Crippen LogP contribution in [0.4, 0.5) is 8.78 Å². The Morgan fingerprint density at radius 2 is 1.30 bits per heavy atom. The van der Waals surface area contributed by atoms with E-state index in [4.69, 9.17) is 0 Å². The lowest BCUT2D eigenvalue weighted by atomic mass is 10.1. The first-order chi connectivity index (χ1) is 10.8. The second-order valence-corrected chi connectivity index (χ2v) is 7.36. The summed E-state index contributed by atoms with van der Waals surface area (Å²) < 4.78 is 27.7. The van der Waals surface area contributed by atoms with Crippen LogP contribution in [0.1, 0.15) is 15.9 Å². The average molecular weight is 578 g/mol. The van der Waals surface area contributed by atoms with Crippen molar-refractivity contribution < 1.29 is 13.6 Å². The number of rotatable bonds is 4. The van der Waals surface area contributed by atoms with Crippen molar-refractivity contribution in [3.05, 3.63) is 68.6 Å². The number of carbonyl (C=O) groups excluding carboxylic acids is 1. The van der Waals surface area contributed by atoms with Crippen molar-refractivity contribution in [2.24, 2.45) is 0 Å². The largest absolute Gasteiger partial charge is 0.293 e. The van der Waals surface area contributed by atoms with Gasteiger partial charge in [-0.1, -0.05) is 88.0 Å². The number of Topliss-reactive ketones (excluding diaryl/α,β-unsaturated/α-hetero) is 1. The lowest BCUT2D eigenvalue weighted by molar-refractivity contribution is 0.0245. The molecule has 124 valence electrons. The number of hydrogen-bond donors (Lipinski definition) is 0. The number of alkyl halides is 4. The van der Waals surface area contributed by atoms with Crippen LogP contribution in [0.5, 0.6) is 0 Å². The van der Waals surface area contributed by atoms with Gasteiger partial charge in [0.25, 0.3) is 5.92 Å². The molecule has 0 radical (unpaired) electrons. The van der Waals surface area contributed by atoms with Crippen LogP contribution in [0, 0.1) is 0 Å². The Bertz CT molecular complexity index is 628. The average Bonchev–Trinajstić information content (AvgIpc) is 2.56. The summed E-state index contributed by atoms with van der Waals surface area (Å²) in [5.74, 6) is -2.67. The second-order valence-electron chi connectivity index (χ2n) is 4.41. The minimum Gasteiger partial charge on any atom is -0.293 e. The molecule has 0 saturated carbocycles. The summed E-state index contributed by atoms with van der Waals surface area (Å²) in [6.07, 6.45) is 0. The van der Waals surface area contributed by atoms with Crippen molar-refractivity contribution >= 4 is 69.5 Å². The first kappa shape index (κ1) is 20.9. The molecule has 0 aliphatic heterocycles. The first-order valence-corrected chi connectivity index (χ1v) is 10.2. The number of halogens is 6. The normalized spacial score (nSPS) is 10.7. The van der Waals surface area contributed by atoms with Crippen molar-refractivity contribution in [2.45, 2.75) is 5.92 Å². The fraction of sp³-hybridized carbons (Fsp3) is 0.188. The molecule has 0 aliphatic rings. The Kier molecular flexibility index (Phi) is 9.11. The van der Waals surface area contributed by atoms with Crippen LogP contribution in [0.2, 0.25) is 0 Å². The molecule has 0 unspecified atom stereocenters. The molecule has 23 heavy (non-hydrogen) atoms. The highest BCUT2D eigenvalue weighted by molar-refractivity contribution is 9.11. The second kappa shape index (κ2) is 10.0. The zero-order valence-electron chi connectivity index (χ0n) is 11.7. The highest BCUT2D eigenvalue weighted by atomic mass is 79.9. The molecule has 7 heteroatoms. The number of hydrogen-bond acceptors (Lipinski definition) is 1. The van der Waals surface area contributed by atoms with Gasteiger partial charge in [-0.05, 0) is 24.3 Å². The van der Waals surface area contributed by atoms with Gasteiger partial charge in [0.15, 0.2) is 5.78 Å². The predicted octanol–water partition coefficient (Wildman–Crippen LogP) is 6.96. The van der Waals surface area contributed by atoms with Gasteiger partial charge in [-0.2, -0.15) is 0 Å². The maximum Gasteiger partial charge on any atom is 0.282 e. The standard InChI is InChI=1S/C8H6Br2F2.C8H6Br2O/c9-5-8(11,12)6-1-3-7(10)4-2-6;9-5-8(11)6-1-3-7(10)4-2-6/h1-4H,5H2;1-4H,5H2. The Morgan fingerprint density at radius 1 is 0.870 bits per heavy atom. The fourth-order valence-corrected chi connectivity index (χ4v) is 2.66. The zero-order valence-corrected chi connectivity index (χ0v) is 18.1. The number of ketones is 1. The summed E-state index contributed by atoms with van der Waals surface area (Å²) in [5, 5.41) is 0.0380. The Labute approximate surface area is 167 Å². The van der Waals surface area contributed by atoms with Crippen LogP contribution in [0.15, 0.2) is 57.5 Å². The number of benzene rings is 2. The fourth-order valence-electron chi connectivity index (χ4n) is 1.48. The molecule has 0 heterocycles. The summed E-state index contributed by atoms with van der Waals surface area (Å²) in [6, 6.07) is 13.3. The van der Waals surface area contributed by atoms with E-state index in [-0.39, 0.29) is 16.7 Å². The van der Waals surface area contributed by atoms with E-state index in [1.807, 2.05) is 12.1 Å². The summed E-state index contributed by atoms with van der Waals surface area (Å²) in [7, 11) is 0. The molecular weight excluding hydrogens is 566 g/mol. The Morgan fingerprint density at radius 3 is 1.70 bits per heavy atom. The molecule has 0 fully saturated rings. The molecule has 2 rings (SSSR count). The van der Waals surface area contributed by atoms with Gasteiger partial charge in [-0.15, -0.1) is 0 Å². The minimum atomic E-state index is -2.78. The lowest BCUT2D eigenvalue weighted by Crippen LogP contribution is -2.14. The summed E-state index contributed by atoms with van der Waals surface area (Å²) >= 11 is 12.3. The molecule has 2 aromatic rings. The van der Waals surface area contributed by atoms with Crippen LogP contribution in [0.25, 0.3) is 0 Å². The van der Waals surface area contributed by atoms with Crippen LogP contribution in [-0.2, 0) is 5.92 Å². The van der Waals surface area contributed by atoms with Crippen LogP contribution in [-0.4, -0.2) is 16.4 Å². The quantitative estimate of drug-likeness (QED) is 0.284. The van der Waals surface area contributed by atoms with Gasteiger partial charge in [0.1, 0.15) is 0 Å². The van der Waals surface area contributed by atoms with Gasteiger partial charge in [-0.25, -0.2) is 8.78 Å². The molecule has 2 aromatic carbocycles. The molecule has 0 atom stereocenters. The van der Waals surface area contributed by atoms with Gasteiger partial charge in [0, 0.05) is 20.1 Å². The molecule has 0 saturated heterocycles. The molecule has 0 spiro atoms. The van der Waals surface area contributed by atoms with Gasteiger partial charge >= 0.3 is 0 Å². The SMILES string of the molecule is FC(F)(CBr)c1ccc(Br)cc1.O=C(CBr)c1ccc(Br)cc1. The van der Waals surface area contributed by atoms with Crippen molar-refractivity contribution in [3.8, 4) is 0 Å². The minimum absolute atomic E-state index is 0.0302. The van der Waals surface area contributed by atoms with E-state index >= 15 is 0 Å². The molecule has 0 N–H and O–H groups in total. The third-order valence-electron chi connectivity index (χ3n) is 2.72.